The number of ether oxygens (including phenoxy) is 1. The Kier molecular flexibility index (Phi) is 3.62. The van der Waals surface area contributed by atoms with Crippen molar-refractivity contribution in [3.8, 4) is 5.75 Å². The van der Waals surface area contributed by atoms with Gasteiger partial charge in [-0.3, -0.25) is 0 Å². The zero-order chi connectivity index (χ0) is 13.1. The molecular weight excluding hydrogens is 228 g/mol. The van der Waals surface area contributed by atoms with Crippen molar-refractivity contribution in [2.24, 2.45) is 0 Å². The molecule has 1 aromatic heterocycles. The number of aryl methyl sites for hydroxylation is 2. The third-order valence-electron chi connectivity index (χ3n) is 3.02. The second-order valence-electron chi connectivity index (χ2n) is 4.31. The third-order valence-corrected chi connectivity index (χ3v) is 3.02. The highest BCUT2D eigenvalue weighted by Crippen LogP contribution is 2.32. The number of nitrogens with zero attached hydrogens (tertiary/aromatic N) is 2. The molecule has 0 spiro atoms. The Bertz CT molecular complexity index is 522. The number of nitrogens with one attached hydrogen (secondary N) is 2. The van der Waals surface area contributed by atoms with Gasteiger partial charge in [0.2, 0.25) is 0 Å². The molecule has 2 rings (SSSR count). The summed E-state index contributed by atoms with van der Waals surface area (Å²) in [6, 6.07) is 4.15. The average molecular weight is 246 g/mol. The Morgan fingerprint density at radius 1 is 1.33 bits per heavy atom. The standard InChI is InChI=1S/C13H18N4O/c1-8-5-9(2)12(11(6-8)18-4)13(14-3)10-7-15-17-16-10/h5-7,13-14H,1-4H3,(H,15,16,17). The van der Waals surface area contributed by atoms with E-state index in [1.807, 2.05) is 13.1 Å². The van der Waals surface area contributed by atoms with Crippen LogP contribution >= 0.6 is 0 Å². The van der Waals surface area contributed by atoms with Gasteiger partial charge in [0.15, 0.2) is 0 Å². The summed E-state index contributed by atoms with van der Waals surface area (Å²) in [6.07, 6.45) is 1.72. The van der Waals surface area contributed by atoms with Crippen molar-refractivity contribution in [3.63, 3.8) is 0 Å². The average Bonchev–Trinajstić information content (AvgIpc) is 2.85. The van der Waals surface area contributed by atoms with Crippen LogP contribution in [-0.2, 0) is 0 Å². The van der Waals surface area contributed by atoms with Crippen LogP contribution in [0.5, 0.6) is 5.75 Å². The molecule has 0 bridgehead atoms. The van der Waals surface area contributed by atoms with Crippen LogP contribution in [0.2, 0.25) is 0 Å². The number of H-pyrrole nitrogens is 1. The smallest absolute Gasteiger partial charge is 0.124 e. The predicted molar refractivity (Wildman–Crippen MR) is 69.8 cm³/mol. The Morgan fingerprint density at radius 2 is 2.11 bits per heavy atom. The Labute approximate surface area is 107 Å². The molecule has 1 heterocycles. The quantitative estimate of drug-likeness (QED) is 0.862. The number of aromatic amines is 1. The lowest BCUT2D eigenvalue weighted by molar-refractivity contribution is 0.404. The van der Waals surface area contributed by atoms with Crippen LogP contribution in [0.4, 0.5) is 0 Å². The van der Waals surface area contributed by atoms with Gasteiger partial charge in [-0.1, -0.05) is 6.07 Å². The van der Waals surface area contributed by atoms with Crippen molar-refractivity contribution in [1.29, 1.82) is 0 Å². The number of rotatable bonds is 4. The summed E-state index contributed by atoms with van der Waals surface area (Å²) in [5, 5.41) is 13.9. The summed E-state index contributed by atoms with van der Waals surface area (Å²) < 4.78 is 5.49. The van der Waals surface area contributed by atoms with Gasteiger partial charge in [-0.15, -0.1) is 0 Å². The molecule has 2 N–H and O–H groups in total. The molecule has 2 aromatic rings. The fraction of sp³-hybridized carbons (Fsp3) is 0.385. The summed E-state index contributed by atoms with van der Waals surface area (Å²) >= 11 is 0. The Balaban J connectivity index is 2.55. The fourth-order valence-electron chi connectivity index (χ4n) is 2.27. The van der Waals surface area contributed by atoms with Crippen LogP contribution in [0.1, 0.15) is 28.4 Å². The highest BCUT2D eigenvalue weighted by Gasteiger charge is 2.21. The van der Waals surface area contributed by atoms with Crippen molar-refractivity contribution in [1.82, 2.24) is 20.7 Å². The molecule has 0 aliphatic rings. The SMILES string of the molecule is CNC(c1cn[nH]n1)c1c(C)cc(C)cc1OC. The minimum absolute atomic E-state index is 0.0284. The third kappa shape index (κ3) is 2.22. The summed E-state index contributed by atoms with van der Waals surface area (Å²) in [5.74, 6) is 0.870. The lowest BCUT2D eigenvalue weighted by Crippen LogP contribution is -2.20. The van der Waals surface area contributed by atoms with Crippen molar-refractivity contribution < 1.29 is 4.74 Å². The fourth-order valence-corrected chi connectivity index (χ4v) is 2.27. The van der Waals surface area contributed by atoms with Crippen molar-refractivity contribution in [3.05, 3.63) is 40.7 Å². The van der Waals surface area contributed by atoms with Gasteiger partial charge in [-0.05, 0) is 38.1 Å². The minimum atomic E-state index is -0.0284. The maximum Gasteiger partial charge on any atom is 0.124 e. The zero-order valence-electron chi connectivity index (χ0n) is 11.1. The van der Waals surface area contributed by atoms with Crippen LogP contribution in [0, 0.1) is 13.8 Å². The largest absolute Gasteiger partial charge is 0.496 e. The molecule has 0 aliphatic carbocycles. The van der Waals surface area contributed by atoms with E-state index < -0.39 is 0 Å². The Morgan fingerprint density at radius 3 is 2.67 bits per heavy atom. The normalized spacial score (nSPS) is 12.4. The number of methoxy groups -OCH3 is 1. The van der Waals surface area contributed by atoms with Crippen LogP contribution in [-0.4, -0.2) is 29.6 Å². The van der Waals surface area contributed by atoms with Crippen LogP contribution < -0.4 is 10.1 Å². The second kappa shape index (κ2) is 5.18. The Hall–Kier alpha value is -1.88. The summed E-state index contributed by atoms with van der Waals surface area (Å²) in [6.45, 7) is 4.14. The van der Waals surface area contributed by atoms with E-state index in [0.717, 1.165) is 17.0 Å². The molecule has 0 aliphatic heterocycles. The van der Waals surface area contributed by atoms with Gasteiger partial charge in [-0.2, -0.15) is 15.4 Å². The molecule has 0 saturated carbocycles. The van der Waals surface area contributed by atoms with Gasteiger partial charge in [0.1, 0.15) is 11.4 Å². The van der Waals surface area contributed by atoms with Crippen molar-refractivity contribution >= 4 is 0 Å². The van der Waals surface area contributed by atoms with Gasteiger partial charge < -0.3 is 10.1 Å². The van der Waals surface area contributed by atoms with Gasteiger partial charge in [0, 0.05) is 5.56 Å². The minimum Gasteiger partial charge on any atom is -0.496 e. The van der Waals surface area contributed by atoms with E-state index >= 15 is 0 Å². The van der Waals surface area contributed by atoms with E-state index in [-0.39, 0.29) is 6.04 Å². The highest BCUT2D eigenvalue weighted by atomic mass is 16.5. The number of hydrogen-bond acceptors (Lipinski definition) is 4. The summed E-state index contributed by atoms with van der Waals surface area (Å²) in [4.78, 5) is 0. The van der Waals surface area contributed by atoms with Gasteiger partial charge in [0.25, 0.3) is 0 Å². The summed E-state index contributed by atoms with van der Waals surface area (Å²) in [5.41, 5.74) is 4.31. The van der Waals surface area contributed by atoms with E-state index in [9.17, 15) is 0 Å². The van der Waals surface area contributed by atoms with E-state index in [4.69, 9.17) is 4.74 Å². The first-order valence-corrected chi connectivity index (χ1v) is 5.85. The maximum atomic E-state index is 5.49. The molecule has 0 amide bonds. The second-order valence-corrected chi connectivity index (χ2v) is 4.31. The molecule has 1 unspecified atom stereocenters. The highest BCUT2D eigenvalue weighted by molar-refractivity contribution is 5.47. The zero-order valence-corrected chi connectivity index (χ0v) is 11.1. The molecular formula is C13H18N4O. The van der Waals surface area contributed by atoms with Crippen molar-refractivity contribution in [2.75, 3.05) is 14.2 Å². The molecule has 0 fully saturated rings. The molecule has 5 nitrogen and oxygen atoms in total. The molecule has 96 valence electrons. The first-order valence-electron chi connectivity index (χ1n) is 5.85. The van der Waals surface area contributed by atoms with Crippen LogP contribution in [0.3, 0.4) is 0 Å². The molecule has 18 heavy (non-hydrogen) atoms. The molecule has 0 radical (unpaired) electrons. The van der Waals surface area contributed by atoms with E-state index in [0.29, 0.717) is 0 Å². The molecule has 5 heteroatoms. The van der Waals surface area contributed by atoms with E-state index in [2.05, 4.69) is 40.6 Å². The van der Waals surface area contributed by atoms with Crippen molar-refractivity contribution in [2.45, 2.75) is 19.9 Å². The lowest BCUT2D eigenvalue weighted by Gasteiger charge is -2.20. The number of hydrogen-bond donors (Lipinski definition) is 2. The lowest BCUT2D eigenvalue weighted by atomic mass is 9.96. The van der Waals surface area contributed by atoms with Gasteiger partial charge in [-0.25, -0.2) is 0 Å². The molecule has 1 atom stereocenters. The number of aromatic nitrogens is 3. The van der Waals surface area contributed by atoms with E-state index in [1.165, 1.54) is 11.1 Å². The monoisotopic (exact) mass is 246 g/mol. The molecule has 1 aromatic carbocycles. The molecule has 0 saturated heterocycles. The number of benzene rings is 1. The van der Waals surface area contributed by atoms with E-state index in [1.54, 1.807) is 13.3 Å². The van der Waals surface area contributed by atoms with Crippen LogP contribution in [0.15, 0.2) is 18.3 Å². The van der Waals surface area contributed by atoms with Gasteiger partial charge >= 0.3 is 0 Å². The first kappa shape index (κ1) is 12.6. The van der Waals surface area contributed by atoms with Gasteiger partial charge in [0.05, 0.1) is 19.3 Å². The maximum absolute atomic E-state index is 5.49. The summed E-state index contributed by atoms with van der Waals surface area (Å²) in [7, 11) is 3.59. The first-order chi connectivity index (χ1) is 8.67. The predicted octanol–water partition coefficient (Wildman–Crippen LogP) is 1.74. The van der Waals surface area contributed by atoms with Crippen LogP contribution in [0.25, 0.3) is 0 Å². The topological polar surface area (TPSA) is 62.8 Å².